The van der Waals surface area contributed by atoms with Gasteiger partial charge in [0.2, 0.25) is 5.88 Å². The van der Waals surface area contributed by atoms with Gasteiger partial charge in [-0.15, -0.1) is 0 Å². The van der Waals surface area contributed by atoms with Crippen molar-refractivity contribution in [1.29, 1.82) is 0 Å². The number of aryl methyl sites for hydroxylation is 2. The van der Waals surface area contributed by atoms with Crippen molar-refractivity contribution < 1.29 is 9.53 Å². The van der Waals surface area contributed by atoms with E-state index in [4.69, 9.17) is 4.74 Å². The first-order chi connectivity index (χ1) is 13.6. The van der Waals surface area contributed by atoms with Crippen LogP contribution in [0.3, 0.4) is 0 Å². The molecule has 2 N–H and O–H groups in total. The summed E-state index contributed by atoms with van der Waals surface area (Å²) >= 11 is 0. The Morgan fingerprint density at radius 3 is 2.68 bits per heavy atom. The molecule has 0 saturated heterocycles. The van der Waals surface area contributed by atoms with Gasteiger partial charge in [0.05, 0.1) is 5.52 Å². The summed E-state index contributed by atoms with van der Waals surface area (Å²) in [5.74, 6) is 1.00. The zero-order valence-corrected chi connectivity index (χ0v) is 15.7. The quantitative estimate of drug-likeness (QED) is 0.547. The summed E-state index contributed by atoms with van der Waals surface area (Å²) in [7, 11) is 0. The molecule has 0 radical (unpaired) electrons. The number of H-pyrrole nitrogens is 1. The monoisotopic (exact) mass is 372 g/mol. The predicted octanol–water partition coefficient (Wildman–Crippen LogP) is 4.30. The molecule has 4 aromatic rings. The zero-order valence-electron chi connectivity index (χ0n) is 15.7. The number of ether oxygens (including phenoxy) is 1. The molecule has 2 heterocycles. The summed E-state index contributed by atoms with van der Waals surface area (Å²) in [6.45, 7) is 4.40. The molecule has 28 heavy (non-hydrogen) atoms. The SMILES string of the molecule is Cc1cc(C)cc(Oc2cc(CNC(=O)c3n[nH]c4ccccc34)ccn2)c1. The van der Waals surface area contributed by atoms with E-state index in [9.17, 15) is 4.79 Å². The number of carbonyl (C=O) groups is 1. The van der Waals surface area contributed by atoms with Crippen molar-refractivity contribution in [3.05, 3.63) is 83.2 Å². The molecule has 0 atom stereocenters. The molecule has 0 aliphatic rings. The van der Waals surface area contributed by atoms with E-state index in [1.54, 1.807) is 6.20 Å². The lowest BCUT2D eigenvalue weighted by Gasteiger charge is -2.09. The lowest BCUT2D eigenvalue weighted by atomic mass is 10.1. The Balaban J connectivity index is 1.45. The Morgan fingerprint density at radius 1 is 1.07 bits per heavy atom. The summed E-state index contributed by atoms with van der Waals surface area (Å²) in [6.07, 6.45) is 1.67. The highest BCUT2D eigenvalue weighted by Gasteiger charge is 2.13. The molecule has 0 fully saturated rings. The highest BCUT2D eigenvalue weighted by atomic mass is 16.5. The van der Waals surface area contributed by atoms with Crippen molar-refractivity contribution >= 4 is 16.8 Å². The van der Waals surface area contributed by atoms with Crippen LogP contribution in [0.4, 0.5) is 0 Å². The van der Waals surface area contributed by atoms with E-state index >= 15 is 0 Å². The van der Waals surface area contributed by atoms with Crippen LogP contribution in [0, 0.1) is 13.8 Å². The minimum Gasteiger partial charge on any atom is -0.439 e. The fourth-order valence-corrected chi connectivity index (χ4v) is 3.13. The number of hydrogen-bond acceptors (Lipinski definition) is 4. The maximum absolute atomic E-state index is 12.5. The van der Waals surface area contributed by atoms with Gasteiger partial charge in [0.15, 0.2) is 5.69 Å². The van der Waals surface area contributed by atoms with E-state index in [1.165, 1.54) is 0 Å². The number of nitrogens with one attached hydrogen (secondary N) is 2. The van der Waals surface area contributed by atoms with Gasteiger partial charge in [-0.1, -0.05) is 24.3 Å². The number of benzene rings is 2. The Labute approximate surface area is 162 Å². The predicted molar refractivity (Wildman–Crippen MR) is 107 cm³/mol. The number of amides is 1. The Morgan fingerprint density at radius 2 is 1.86 bits per heavy atom. The molecule has 2 aromatic carbocycles. The molecule has 0 unspecified atom stereocenters. The molecule has 0 bridgehead atoms. The second-order valence-corrected chi connectivity index (χ2v) is 6.73. The molecular weight excluding hydrogens is 352 g/mol. The largest absolute Gasteiger partial charge is 0.439 e. The van der Waals surface area contributed by atoms with Crippen LogP contribution in [-0.4, -0.2) is 21.1 Å². The lowest BCUT2D eigenvalue weighted by molar-refractivity contribution is 0.0947. The van der Waals surface area contributed by atoms with Crippen LogP contribution in [-0.2, 0) is 6.54 Å². The van der Waals surface area contributed by atoms with Gasteiger partial charge in [-0.2, -0.15) is 5.10 Å². The normalized spacial score (nSPS) is 10.8. The van der Waals surface area contributed by atoms with Crippen molar-refractivity contribution in [2.45, 2.75) is 20.4 Å². The van der Waals surface area contributed by atoms with Gasteiger partial charge in [-0.05, 0) is 54.8 Å². The minimum absolute atomic E-state index is 0.231. The molecule has 0 aliphatic carbocycles. The van der Waals surface area contributed by atoms with E-state index in [2.05, 4.69) is 26.6 Å². The number of fused-ring (bicyclic) bond motifs is 1. The van der Waals surface area contributed by atoms with Crippen LogP contribution in [0.5, 0.6) is 11.6 Å². The van der Waals surface area contributed by atoms with Crippen molar-refractivity contribution in [3.63, 3.8) is 0 Å². The second kappa shape index (κ2) is 7.52. The topological polar surface area (TPSA) is 79.9 Å². The van der Waals surface area contributed by atoms with Gasteiger partial charge in [0.1, 0.15) is 5.75 Å². The van der Waals surface area contributed by atoms with E-state index in [1.807, 2.05) is 62.4 Å². The average Bonchev–Trinajstić information content (AvgIpc) is 3.10. The molecule has 0 aliphatic heterocycles. The van der Waals surface area contributed by atoms with Crippen LogP contribution in [0.25, 0.3) is 10.9 Å². The highest BCUT2D eigenvalue weighted by Crippen LogP contribution is 2.23. The minimum atomic E-state index is -0.231. The molecule has 140 valence electrons. The maximum Gasteiger partial charge on any atom is 0.272 e. The van der Waals surface area contributed by atoms with Gasteiger partial charge in [-0.3, -0.25) is 9.89 Å². The molecule has 2 aromatic heterocycles. The fourth-order valence-electron chi connectivity index (χ4n) is 3.13. The van der Waals surface area contributed by atoms with Crippen LogP contribution in [0.2, 0.25) is 0 Å². The van der Waals surface area contributed by atoms with Crippen molar-refractivity contribution in [3.8, 4) is 11.6 Å². The molecule has 4 rings (SSSR count). The van der Waals surface area contributed by atoms with Gasteiger partial charge in [0, 0.05) is 24.2 Å². The van der Waals surface area contributed by atoms with Crippen LogP contribution in [0.15, 0.2) is 60.8 Å². The lowest BCUT2D eigenvalue weighted by Crippen LogP contribution is -2.23. The number of hydrogen-bond donors (Lipinski definition) is 2. The van der Waals surface area contributed by atoms with Crippen molar-refractivity contribution in [2.24, 2.45) is 0 Å². The molecule has 6 heteroatoms. The number of para-hydroxylation sites is 1. The molecule has 0 spiro atoms. The number of rotatable bonds is 5. The third kappa shape index (κ3) is 3.86. The molecular formula is C22H20N4O2. The molecule has 0 saturated carbocycles. The first-order valence-corrected chi connectivity index (χ1v) is 9.01. The Bertz CT molecular complexity index is 1130. The average molecular weight is 372 g/mol. The van der Waals surface area contributed by atoms with E-state index in [-0.39, 0.29) is 5.91 Å². The highest BCUT2D eigenvalue weighted by molar-refractivity contribution is 6.04. The van der Waals surface area contributed by atoms with Crippen molar-refractivity contribution in [2.75, 3.05) is 0 Å². The third-order valence-electron chi connectivity index (χ3n) is 4.36. The second-order valence-electron chi connectivity index (χ2n) is 6.73. The summed E-state index contributed by atoms with van der Waals surface area (Å²) in [6, 6.07) is 17.2. The molecule has 6 nitrogen and oxygen atoms in total. The van der Waals surface area contributed by atoms with Gasteiger partial charge < -0.3 is 10.1 Å². The maximum atomic E-state index is 12.5. The summed E-state index contributed by atoms with van der Waals surface area (Å²) in [4.78, 5) is 16.8. The standard InChI is InChI=1S/C22H20N4O2/c1-14-9-15(2)11-17(10-14)28-20-12-16(7-8-23-20)13-24-22(27)21-18-5-3-4-6-19(18)25-26-21/h3-12H,13H2,1-2H3,(H,24,27)(H,25,26). The fraction of sp³-hybridized carbons (Fsp3) is 0.136. The van der Waals surface area contributed by atoms with E-state index < -0.39 is 0 Å². The number of carbonyl (C=O) groups excluding carboxylic acids is 1. The van der Waals surface area contributed by atoms with Crippen LogP contribution < -0.4 is 10.1 Å². The first kappa shape index (κ1) is 17.7. The van der Waals surface area contributed by atoms with Crippen LogP contribution >= 0.6 is 0 Å². The number of aromatic nitrogens is 3. The molecule has 1 amide bonds. The third-order valence-corrected chi connectivity index (χ3v) is 4.36. The number of nitrogens with zero attached hydrogens (tertiary/aromatic N) is 2. The number of pyridine rings is 1. The van der Waals surface area contributed by atoms with Crippen molar-refractivity contribution in [1.82, 2.24) is 20.5 Å². The first-order valence-electron chi connectivity index (χ1n) is 9.01. The summed E-state index contributed by atoms with van der Waals surface area (Å²) in [5.41, 5.74) is 4.37. The van der Waals surface area contributed by atoms with Crippen LogP contribution in [0.1, 0.15) is 27.2 Å². The van der Waals surface area contributed by atoms with E-state index in [0.29, 0.717) is 18.1 Å². The Hall–Kier alpha value is -3.67. The smallest absolute Gasteiger partial charge is 0.272 e. The number of aromatic amines is 1. The summed E-state index contributed by atoms with van der Waals surface area (Å²) < 4.78 is 5.88. The van der Waals surface area contributed by atoms with Gasteiger partial charge in [0.25, 0.3) is 5.91 Å². The van der Waals surface area contributed by atoms with E-state index in [0.717, 1.165) is 33.3 Å². The van der Waals surface area contributed by atoms with Gasteiger partial charge in [-0.25, -0.2) is 4.98 Å². The Kier molecular flexibility index (Phi) is 4.76. The van der Waals surface area contributed by atoms with Gasteiger partial charge >= 0.3 is 0 Å². The summed E-state index contributed by atoms with van der Waals surface area (Å²) in [5, 5.41) is 10.7. The zero-order chi connectivity index (χ0) is 19.5.